The maximum Gasteiger partial charge on any atom is 0.357 e. The van der Waals surface area contributed by atoms with E-state index in [4.69, 9.17) is 4.74 Å². The van der Waals surface area contributed by atoms with Crippen molar-refractivity contribution < 1.29 is 9.53 Å². The zero-order chi connectivity index (χ0) is 14.5. The molecular weight excluding hydrogens is 250 g/mol. The Morgan fingerprint density at radius 1 is 1.15 bits per heavy atom. The highest BCUT2D eigenvalue weighted by Gasteiger charge is 2.14. The predicted octanol–water partition coefficient (Wildman–Crippen LogP) is 4.22. The largest absolute Gasteiger partial charge is 0.458 e. The van der Waals surface area contributed by atoms with E-state index in [1.807, 2.05) is 31.2 Å². The van der Waals surface area contributed by atoms with E-state index in [1.165, 1.54) is 0 Å². The predicted molar refractivity (Wildman–Crippen MR) is 80.7 cm³/mol. The highest BCUT2D eigenvalue weighted by molar-refractivity contribution is 5.93. The summed E-state index contributed by atoms with van der Waals surface area (Å²) in [7, 11) is 0. The van der Waals surface area contributed by atoms with Crippen molar-refractivity contribution >= 4 is 16.7 Å². The molecule has 106 valence electrons. The zero-order valence-corrected chi connectivity index (χ0v) is 12.3. The Hall–Kier alpha value is -1.90. The number of rotatable bonds is 5. The van der Waals surface area contributed by atoms with Gasteiger partial charge in [-0.25, -0.2) is 9.78 Å². The van der Waals surface area contributed by atoms with Crippen molar-refractivity contribution in [2.45, 2.75) is 39.7 Å². The minimum Gasteiger partial charge on any atom is -0.458 e. The van der Waals surface area contributed by atoms with Crippen LogP contribution in [0.15, 0.2) is 36.5 Å². The maximum absolute atomic E-state index is 12.1. The van der Waals surface area contributed by atoms with Crippen molar-refractivity contribution in [3.63, 3.8) is 0 Å². The van der Waals surface area contributed by atoms with Gasteiger partial charge in [-0.05, 0) is 37.1 Å². The Morgan fingerprint density at radius 2 is 1.85 bits per heavy atom. The first kappa shape index (κ1) is 14.5. The Labute approximate surface area is 120 Å². The lowest BCUT2D eigenvalue weighted by Crippen LogP contribution is -2.16. The van der Waals surface area contributed by atoms with E-state index in [0.717, 1.165) is 23.6 Å². The molecule has 1 heterocycles. The van der Waals surface area contributed by atoms with Gasteiger partial charge in [0, 0.05) is 11.6 Å². The average molecular weight is 271 g/mol. The van der Waals surface area contributed by atoms with Crippen LogP contribution in [-0.4, -0.2) is 17.1 Å². The molecule has 2 aromatic rings. The van der Waals surface area contributed by atoms with Crippen LogP contribution in [0.25, 0.3) is 10.8 Å². The lowest BCUT2D eigenvalue weighted by Gasteiger charge is -2.14. The molecule has 0 radical (unpaired) electrons. The average Bonchev–Trinajstić information content (AvgIpc) is 2.44. The highest BCUT2D eigenvalue weighted by atomic mass is 16.5. The molecule has 0 saturated carbocycles. The van der Waals surface area contributed by atoms with Gasteiger partial charge in [-0.15, -0.1) is 0 Å². The number of esters is 1. The number of fused-ring (bicyclic) bond motifs is 1. The fourth-order valence-electron chi connectivity index (χ4n) is 2.07. The maximum atomic E-state index is 12.1. The fraction of sp³-hybridized carbons (Fsp3) is 0.412. The third kappa shape index (κ3) is 3.80. The number of aromatic nitrogens is 1. The molecule has 0 fully saturated rings. The van der Waals surface area contributed by atoms with Gasteiger partial charge in [-0.2, -0.15) is 0 Å². The van der Waals surface area contributed by atoms with Crippen molar-refractivity contribution in [3.05, 3.63) is 42.2 Å². The molecule has 1 aromatic heterocycles. The van der Waals surface area contributed by atoms with Gasteiger partial charge in [0.15, 0.2) is 0 Å². The van der Waals surface area contributed by atoms with Crippen molar-refractivity contribution in [1.82, 2.24) is 4.98 Å². The number of ether oxygens (including phenoxy) is 1. The lowest BCUT2D eigenvalue weighted by atomic mass is 10.1. The molecule has 0 spiro atoms. The van der Waals surface area contributed by atoms with Crippen molar-refractivity contribution in [2.24, 2.45) is 5.92 Å². The van der Waals surface area contributed by atoms with Crippen LogP contribution in [-0.2, 0) is 4.74 Å². The number of hydrogen-bond acceptors (Lipinski definition) is 3. The van der Waals surface area contributed by atoms with E-state index >= 15 is 0 Å². The lowest BCUT2D eigenvalue weighted by molar-refractivity contribution is 0.0307. The Bertz CT molecular complexity index is 592. The summed E-state index contributed by atoms with van der Waals surface area (Å²) in [5.41, 5.74) is 0.375. The minimum absolute atomic E-state index is 0.0711. The van der Waals surface area contributed by atoms with Crippen LogP contribution in [0.3, 0.4) is 0 Å². The molecule has 0 aliphatic rings. The standard InChI is InChI=1S/C17H21NO2/c1-12(2)8-9-13(3)20-17(19)16-10-14-6-4-5-7-15(14)11-18-16/h4-7,10-13H,8-9H2,1-3H3. The van der Waals surface area contributed by atoms with E-state index in [0.29, 0.717) is 11.6 Å². The van der Waals surface area contributed by atoms with Gasteiger partial charge >= 0.3 is 5.97 Å². The molecule has 3 heteroatoms. The second-order valence-corrected chi connectivity index (χ2v) is 5.60. The van der Waals surface area contributed by atoms with Crippen LogP contribution < -0.4 is 0 Å². The van der Waals surface area contributed by atoms with E-state index < -0.39 is 0 Å². The third-order valence-electron chi connectivity index (χ3n) is 3.30. The molecule has 1 unspecified atom stereocenters. The van der Waals surface area contributed by atoms with Crippen LogP contribution in [0.1, 0.15) is 44.1 Å². The molecule has 3 nitrogen and oxygen atoms in total. The first-order valence-electron chi connectivity index (χ1n) is 7.12. The summed E-state index contributed by atoms with van der Waals surface area (Å²) >= 11 is 0. The number of hydrogen-bond donors (Lipinski definition) is 0. The number of carbonyl (C=O) groups excluding carboxylic acids is 1. The molecule has 0 saturated heterocycles. The summed E-state index contributed by atoms with van der Waals surface area (Å²) in [5, 5.41) is 2.03. The summed E-state index contributed by atoms with van der Waals surface area (Å²) in [6, 6.07) is 9.63. The fourth-order valence-corrected chi connectivity index (χ4v) is 2.07. The molecule has 1 aromatic carbocycles. The van der Waals surface area contributed by atoms with E-state index in [1.54, 1.807) is 12.3 Å². The summed E-state index contributed by atoms with van der Waals surface area (Å²) in [6.07, 6.45) is 3.58. The summed E-state index contributed by atoms with van der Waals surface area (Å²) in [6.45, 7) is 6.26. The van der Waals surface area contributed by atoms with Crippen LogP contribution in [0, 0.1) is 5.92 Å². The molecule has 2 rings (SSSR count). The van der Waals surface area contributed by atoms with Crippen molar-refractivity contribution in [1.29, 1.82) is 0 Å². The summed E-state index contributed by atoms with van der Waals surface area (Å²) < 4.78 is 5.43. The monoisotopic (exact) mass is 271 g/mol. The number of benzene rings is 1. The molecular formula is C17H21NO2. The van der Waals surface area contributed by atoms with Crippen LogP contribution in [0.5, 0.6) is 0 Å². The van der Waals surface area contributed by atoms with Gasteiger partial charge in [-0.3, -0.25) is 0 Å². The van der Waals surface area contributed by atoms with Crippen LogP contribution in [0.4, 0.5) is 0 Å². The molecule has 0 bridgehead atoms. The first-order chi connectivity index (χ1) is 9.56. The van der Waals surface area contributed by atoms with Crippen LogP contribution in [0.2, 0.25) is 0 Å². The summed E-state index contributed by atoms with van der Waals surface area (Å²) in [4.78, 5) is 16.2. The molecule has 1 atom stereocenters. The highest BCUT2D eigenvalue weighted by Crippen LogP contribution is 2.15. The number of pyridine rings is 1. The second-order valence-electron chi connectivity index (χ2n) is 5.60. The Morgan fingerprint density at radius 3 is 2.55 bits per heavy atom. The first-order valence-corrected chi connectivity index (χ1v) is 7.12. The molecule has 20 heavy (non-hydrogen) atoms. The second kappa shape index (κ2) is 6.51. The Balaban J connectivity index is 2.03. The molecule has 0 amide bonds. The van der Waals surface area contributed by atoms with Crippen LogP contribution >= 0.6 is 0 Å². The molecule has 0 aliphatic carbocycles. The van der Waals surface area contributed by atoms with Crippen molar-refractivity contribution in [2.75, 3.05) is 0 Å². The van der Waals surface area contributed by atoms with Crippen molar-refractivity contribution in [3.8, 4) is 0 Å². The quantitative estimate of drug-likeness (QED) is 0.764. The van der Waals surface area contributed by atoms with Gasteiger partial charge in [-0.1, -0.05) is 38.1 Å². The number of carbonyl (C=O) groups is 1. The topological polar surface area (TPSA) is 39.2 Å². The van der Waals surface area contributed by atoms with E-state index in [9.17, 15) is 4.79 Å². The van der Waals surface area contributed by atoms with E-state index in [2.05, 4.69) is 18.8 Å². The van der Waals surface area contributed by atoms with E-state index in [-0.39, 0.29) is 12.1 Å². The van der Waals surface area contributed by atoms with Gasteiger partial charge < -0.3 is 4.74 Å². The summed E-state index contributed by atoms with van der Waals surface area (Å²) in [5.74, 6) is 0.280. The normalized spacial score (nSPS) is 12.6. The number of nitrogens with zero attached hydrogens (tertiary/aromatic N) is 1. The van der Waals surface area contributed by atoms with Gasteiger partial charge in [0.1, 0.15) is 5.69 Å². The smallest absolute Gasteiger partial charge is 0.357 e. The molecule has 0 N–H and O–H groups in total. The molecule has 0 aliphatic heterocycles. The van der Waals surface area contributed by atoms with Gasteiger partial charge in [0.2, 0.25) is 0 Å². The minimum atomic E-state index is -0.341. The van der Waals surface area contributed by atoms with Gasteiger partial charge in [0.25, 0.3) is 0 Å². The van der Waals surface area contributed by atoms with Gasteiger partial charge in [0.05, 0.1) is 6.10 Å². The SMILES string of the molecule is CC(C)CCC(C)OC(=O)c1cc2ccccc2cn1. The Kier molecular flexibility index (Phi) is 4.72. The zero-order valence-electron chi connectivity index (χ0n) is 12.3. The third-order valence-corrected chi connectivity index (χ3v) is 3.30.